The van der Waals surface area contributed by atoms with Crippen LogP contribution in [0.25, 0.3) is 0 Å². The highest BCUT2D eigenvalue weighted by molar-refractivity contribution is 6.39. The number of halogens is 2. The van der Waals surface area contributed by atoms with Gasteiger partial charge in [0, 0.05) is 18.8 Å². The van der Waals surface area contributed by atoms with E-state index in [1.807, 2.05) is 0 Å². The third-order valence-electron chi connectivity index (χ3n) is 1.95. The molecule has 0 radical (unpaired) electrons. The average Bonchev–Trinajstić information content (AvgIpc) is 2.15. The van der Waals surface area contributed by atoms with Gasteiger partial charge in [-0.2, -0.15) is 0 Å². The van der Waals surface area contributed by atoms with Gasteiger partial charge in [0.1, 0.15) is 0 Å². The van der Waals surface area contributed by atoms with E-state index >= 15 is 0 Å². The van der Waals surface area contributed by atoms with Gasteiger partial charge >= 0.3 is 0 Å². The Balaban J connectivity index is 2.60. The molecule has 0 bridgehead atoms. The van der Waals surface area contributed by atoms with Crippen LogP contribution in [0.4, 0.5) is 11.4 Å². The number of rotatable bonds is 5. The van der Waals surface area contributed by atoms with Crippen molar-refractivity contribution in [2.75, 3.05) is 24.2 Å². The zero-order valence-electron chi connectivity index (χ0n) is 8.26. The Hall–Kier alpha value is -0.640. The molecule has 4 N–H and O–H groups in total. The molecule has 0 heterocycles. The Labute approximate surface area is 99.2 Å². The fraction of sp³-hybridized carbons (Fsp3) is 0.400. The van der Waals surface area contributed by atoms with Gasteiger partial charge in [0.15, 0.2) is 0 Å². The van der Waals surface area contributed by atoms with Crippen LogP contribution in [0.5, 0.6) is 0 Å². The summed E-state index contributed by atoms with van der Waals surface area (Å²) < 4.78 is 0. The molecular formula is C10H14Cl2N2O. The van der Waals surface area contributed by atoms with Gasteiger partial charge in [-0.1, -0.05) is 23.2 Å². The highest BCUT2D eigenvalue weighted by atomic mass is 35.5. The molecule has 0 spiro atoms. The maximum absolute atomic E-state index is 8.61. The van der Waals surface area contributed by atoms with Gasteiger partial charge in [0.25, 0.3) is 0 Å². The smallest absolute Gasteiger partial charge is 0.0720 e. The first-order chi connectivity index (χ1) is 7.15. The molecule has 1 rings (SSSR count). The third kappa shape index (κ3) is 3.78. The fourth-order valence-corrected chi connectivity index (χ4v) is 1.85. The lowest BCUT2D eigenvalue weighted by molar-refractivity contribution is 0.286. The van der Waals surface area contributed by atoms with Crippen molar-refractivity contribution in [1.29, 1.82) is 0 Å². The molecular weight excluding hydrogens is 235 g/mol. The second-order valence-electron chi connectivity index (χ2n) is 3.22. The summed E-state index contributed by atoms with van der Waals surface area (Å²) >= 11 is 11.9. The Bertz CT molecular complexity index is 308. The van der Waals surface area contributed by atoms with Gasteiger partial charge in [-0.25, -0.2) is 0 Å². The molecule has 5 heteroatoms. The molecule has 1 aromatic rings. The molecule has 3 nitrogen and oxygen atoms in total. The van der Waals surface area contributed by atoms with Crippen molar-refractivity contribution in [2.45, 2.75) is 12.8 Å². The molecule has 15 heavy (non-hydrogen) atoms. The van der Waals surface area contributed by atoms with Gasteiger partial charge in [0.05, 0.1) is 15.7 Å². The van der Waals surface area contributed by atoms with E-state index in [1.54, 1.807) is 12.1 Å². The lowest BCUT2D eigenvalue weighted by Crippen LogP contribution is -2.04. The highest BCUT2D eigenvalue weighted by Crippen LogP contribution is 2.32. The number of aliphatic hydroxyl groups is 1. The average molecular weight is 249 g/mol. The zero-order chi connectivity index (χ0) is 11.3. The molecule has 0 aliphatic heterocycles. The Kier molecular flexibility index (Phi) is 5.02. The van der Waals surface area contributed by atoms with E-state index in [1.165, 1.54) is 0 Å². The van der Waals surface area contributed by atoms with Crippen LogP contribution in [0, 0.1) is 0 Å². The third-order valence-corrected chi connectivity index (χ3v) is 2.55. The van der Waals surface area contributed by atoms with Gasteiger partial charge in [-0.05, 0) is 25.0 Å². The first-order valence-corrected chi connectivity index (χ1v) is 5.50. The van der Waals surface area contributed by atoms with E-state index in [0.29, 0.717) is 21.4 Å². The van der Waals surface area contributed by atoms with E-state index in [9.17, 15) is 0 Å². The minimum atomic E-state index is 0.199. The quantitative estimate of drug-likeness (QED) is 0.555. The maximum Gasteiger partial charge on any atom is 0.0720 e. The van der Waals surface area contributed by atoms with E-state index in [4.69, 9.17) is 34.0 Å². The van der Waals surface area contributed by atoms with Crippen LogP contribution in [-0.4, -0.2) is 18.3 Å². The van der Waals surface area contributed by atoms with E-state index in [0.717, 1.165) is 19.4 Å². The Morgan fingerprint density at radius 2 is 1.80 bits per heavy atom. The largest absolute Gasteiger partial charge is 0.399 e. The zero-order valence-corrected chi connectivity index (χ0v) is 9.78. The number of aliphatic hydroxyl groups excluding tert-OH is 1. The van der Waals surface area contributed by atoms with Crippen LogP contribution < -0.4 is 11.1 Å². The number of unbranched alkanes of at least 4 members (excludes halogenated alkanes) is 1. The lowest BCUT2D eigenvalue weighted by atomic mass is 10.2. The number of nitrogen functional groups attached to an aromatic ring is 1. The normalized spacial score (nSPS) is 10.3. The summed E-state index contributed by atoms with van der Waals surface area (Å²) in [4.78, 5) is 0. The van der Waals surface area contributed by atoms with E-state index in [-0.39, 0.29) is 6.61 Å². The molecule has 0 aromatic heterocycles. The van der Waals surface area contributed by atoms with Crippen molar-refractivity contribution < 1.29 is 5.11 Å². The number of anilines is 2. The van der Waals surface area contributed by atoms with Crippen LogP contribution in [0.15, 0.2) is 12.1 Å². The van der Waals surface area contributed by atoms with Crippen molar-refractivity contribution in [2.24, 2.45) is 0 Å². The first-order valence-electron chi connectivity index (χ1n) is 4.74. The molecule has 0 aliphatic carbocycles. The van der Waals surface area contributed by atoms with Crippen LogP contribution in [-0.2, 0) is 0 Å². The number of nitrogens with one attached hydrogen (secondary N) is 1. The van der Waals surface area contributed by atoms with Crippen LogP contribution >= 0.6 is 23.2 Å². The van der Waals surface area contributed by atoms with Crippen molar-refractivity contribution >= 4 is 34.6 Å². The van der Waals surface area contributed by atoms with E-state index in [2.05, 4.69) is 5.32 Å². The highest BCUT2D eigenvalue weighted by Gasteiger charge is 2.06. The maximum atomic E-state index is 8.61. The summed E-state index contributed by atoms with van der Waals surface area (Å²) in [6.07, 6.45) is 1.63. The van der Waals surface area contributed by atoms with Crippen molar-refractivity contribution in [1.82, 2.24) is 0 Å². The summed E-state index contributed by atoms with van der Waals surface area (Å²) in [7, 11) is 0. The van der Waals surface area contributed by atoms with Crippen LogP contribution in [0.1, 0.15) is 12.8 Å². The van der Waals surface area contributed by atoms with Crippen molar-refractivity contribution in [3.63, 3.8) is 0 Å². The second-order valence-corrected chi connectivity index (χ2v) is 4.03. The minimum absolute atomic E-state index is 0.199. The Morgan fingerprint density at radius 3 is 2.33 bits per heavy atom. The van der Waals surface area contributed by atoms with Gasteiger partial charge in [-0.3, -0.25) is 0 Å². The number of nitrogens with two attached hydrogens (primary N) is 1. The predicted octanol–water partition coefficient (Wildman–Crippen LogP) is 2.76. The molecule has 0 saturated carbocycles. The molecule has 0 saturated heterocycles. The van der Waals surface area contributed by atoms with Gasteiger partial charge in [0.2, 0.25) is 0 Å². The fourth-order valence-electron chi connectivity index (χ4n) is 1.21. The summed E-state index contributed by atoms with van der Waals surface area (Å²) in [6.45, 7) is 0.925. The lowest BCUT2D eigenvalue weighted by Gasteiger charge is -2.10. The van der Waals surface area contributed by atoms with Crippen LogP contribution in [0.2, 0.25) is 10.0 Å². The predicted molar refractivity (Wildman–Crippen MR) is 65.7 cm³/mol. The molecule has 0 fully saturated rings. The standard InChI is InChI=1S/C10H14Cl2N2O/c11-8-5-7(13)6-9(12)10(8)14-3-1-2-4-15/h5-6,14-15H,1-4,13H2. The van der Waals surface area contributed by atoms with Crippen LogP contribution in [0.3, 0.4) is 0 Å². The molecule has 0 atom stereocenters. The molecule has 0 aliphatic rings. The number of benzene rings is 1. The van der Waals surface area contributed by atoms with Crippen molar-refractivity contribution in [3.05, 3.63) is 22.2 Å². The van der Waals surface area contributed by atoms with E-state index < -0.39 is 0 Å². The number of hydrogen-bond acceptors (Lipinski definition) is 3. The SMILES string of the molecule is Nc1cc(Cl)c(NCCCCO)c(Cl)c1. The molecule has 0 amide bonds. The first kappa shape index (κ1) is 12.4. The Morgan fingerprint density at radius 1 is 1.20 bits per heavy atom. The van der Waals surface area contributed by atoms with Crippen molar-refractivity contribution in [3.8, 4) is 0 Å². The molecule has 84 valence electrons. The van der Waals surface area contributed by atoms with Gasteiger partial charge in [-0.15, -0.1) is 0 Å². The summed E-state index contributed by atoms with van der Waals surface area (Å²) in [5.74, 6) is 0. The minimum Gasteiger partial charge on any atom is -0.399 e. The topological polar surface area (TPSA) is 58.3 Å². The summed E-state index contributed by atoms with van der Waals surface area (Å²) in [6, 6.07) is 3.31. The number of hydrogen-bond donors (Lipinski definition) is 3. The molecule has 0 unspecified atom stereocenters. The van der Waals surface area contributed by atoms with Gasteiger partial charge < -0.3 is 16.2 Å². The molecule has 1 aromatic carbocycles. The summed E-state index contributed by atoms with van der Waals surface area (Å²) in [5, 5.41) is 12.8. The monoisotopic (exact) mass is 248 g/mol. The summed E-state index contributed by atoms with van der Waals surface area (Å²) in [5.41, 5.74) is 6.82. The second kappa shape index (κ2) is 6.05.